The third-order valence-corrected chi connectivity index (χ3v) is 13.6. The van der Waals surface area contributed by atoms with Crippen LogP contribution >= 0.6 is 15.2 Å². The largest absolute Gasteiger partial charge is 0.494 e. The highest BCUT2D eigenvalue weighted by molar-refractivity contribution is 7.57. The van der Waals surface area contributed by atoms with Crippen LogP contribution in [-0.2, 0) is 36.7 Å². The van der Waals surface area contributed by atoms with Crippen LogP contribution in [0.2, 0.25) is 0 Å². The zero-order chi connectivity index (χ0) is 26.5. The average molecular weight is 545 g/mol. The molecule has 0 amide bonds. The van der Waals surface area contributed by atoms with Gasteiger partial charge in [-0.15, -0.1) is 0 Å². The smallest absolute Gasteiger partial charge is 0.340 e. The Bertz CT molecular complexity index is 906. The van der Waals surface area contributed by atoms with Gasteiger partial charge in [-0.05, 0) is 63.8 Å². The highest BCUT2D eigenvalue weighted by atomic mass is 31.2. The summed E-state index contributed by atoms with van der Waals surface area (Å²) in [5, 5.41) is -2.28. The minimum absolute atomic E-state index is 0.336. The summed E-state index contributed by atoms with van der Waals surface area (Å²) in [5.41, 5.74) is -0.850. The molecule has 0 heterocycles. The van der Waals surface area contributed by atoms with Crippen molar-refractivity contribution in [3.63, 3.8) is 0 Å². The van der Waals surface area contributed by atoms with Gasteiger partial charge in [0.2, 0.25) is 0 Å². The average Bonchev–Trinajstić information content (AvgIpc) is 2.93. The SMILES string of the molecule is CCOC1=CCC(C2(C3(P(=O)(OC)OC)C=CC(OCC)=CC3)CCCCC2)(P(=O)(OC)OC)C=C1. The standard InChI is InChI=1S/C26H42O8P2/c1-7-33-22-12-18-25(19-13-22,35(27,29-3)30-4)24(16-10-9-11-17-24)26(36(28,31-5)32-6)20-14-23(15-21-26)34-8-2/h12-15,18,20H,7-11,16-17,19,21H2,1-6H3. The lowest BCUT2D eigenvalue weighted by Gasteiger charge is -2.62. The summed E-state index contributed by atoms with van der Waals surface area (Å²) in [5.74, 6) is 1.40. The maximum atomic E-state index is 14.7. The van der Waals surface area contributed by atoms with E-state index in [1.165, 1.54) is 28.4 Å². The number of rotatable bonds is 12. The molecule has 10 heteroatoms. The van der Waals surface area contributed by atoms with Crippen molar-refractivity contribution in [2.24, 2.45) is 5.41 Å². The van der Waals surface area contributed by atoms with Crippen molar-refractivity contribution < 1.29 is 36.7 Å². The van der Waals surface area contributed by atoms with Gasteiger partial charge in [0.05, 0.1) is 13.2 Å². The van der Waals surface area contributed by atoms with Crippen LogP contribution in [0.1, 0.15) is 58.8 Å². The van der Waals surface area contributed by atoms with Gasteiger partial charge in [0.1, 0.15) is 21.8 Å². The first-order valence-corrected chi connectivity index (χ1v) is 15.8. The Morgan fingerprint density at radius 3 is 1.36 bits per heavy atom. The van der Waals surface area contributed by atoms with E-state index >= 15 is 0 Å². The molecule has 0 radical (unpaired) electrons. The van der Waals surface area contributed by atoms with Crippen molar-refractivity contribution in [3.05, 3.63) is 48.0 Å². The monoisotopic (exact) mass is 544 g/mol. The summed E-state index contributed by atoms with van der Waals surface area (Å²) < 4.78 is 63.8. The van der Waals surface area contributed by atoms with Crippen molar-refractivity contribution in [1.29, 1.82) is 0 Å². The second-order valence-corrected chi connectivity index (χ2v) is 14.4. The fourth-order valence-electron chi connectivity index (χ4n) is 6.61. The van der Waals surface area contributed by atoms with Gasteiger partial charge in [0.15, 0.2) is 0 Å². The number of hydrogen-bond acceptors (Lipinski definition) is 8. The lowest BCUT2D eigenvalue weighted by atomic mass is 9.55. The minimum atomic E-state index is -3.80. The fourth-order valence-corrected chi connectivity index (χ4v) is 11.3. The quantitative estimate of drug-likeness (QED) is 0.239. The van der Waals surface area contributed by atoms with Gasteiger partial charge < -0.3 is 27.6 Å². The third-order valence-electron chi connectivity index (χ3n) is 8.20. The first-order chi connectivity index (χ1) is 17.2. The van der Waals surface area contributed by atoms with E-state index in [2.05, 4.69) is 0 Å². The topological polar surface area (TPSA) is 89.5 Å². The Labute approximate surface area is 216 Å². The van der Waals surface area contributed by atoms with Gasteiger partial charge in [0, 0.05) is 33.9 Å². The third kappa shape index (κ3) is 4.42. The molecule has 0 aliphatic heterocycles. The van der Waals surface area contributed by atoms with Crippen molar-refractivity contribution in [3.8, 4) is 0 Å². The van der Waals surface area contributed by atoms with E-state index in [0.717, 1.165) is 19.3 Å². The van der Waals surface area contributed by atoms with Crippen LogP contribution in [0, 0.1) is 5.41 Å². The molecule has 0 aromatic rings. The van der Waals surface area contributed by atoms with Crippen LogP contribution in [0.3, 0.4) is 0 Å². The number of hydrogen-bond donors (Lipinski definition) is 0. The number of allylic oxidation sites excluding steroid dienone is 6. The minimum Gasteiger partial charge on any atom is -0.494 e. The van der Waals surface area contributed by atoms with E-state index in [1.807, 2.05) is 50.3 Å². The molecule has 0 spiro atoms. The van der Waals surface area contributed by atoms with E-state index in [0.29, 0.717) is 50.4 Å². The molecule has 0 aromatic carbocycles. The molecule has 1 fully saturated rings. The molecule has 204 valence electrons. The van der Waals surface area contributed by atoms with E-state index in [-0.39, 0.29) is 0 Å². The Morgan fingerprint density at radius 1 is 0.694 bits per heavy atom. The van der Waals surface area contributed by atoms with Gasteiger partial charge in [-0.3, -0.25) is 9.13 Å². The predicted octanol–water partition coefficient (Wildman–Crippen LogP) is 7.15. The predicted molar refractivity (Wildman–Crippen MR) is 141 cm³/mol. The second-order valence-electron chi connectivity index (χ2n) is 9.37. The molecule has 0 N–H and O–H groups in total. The van der Waals surface area contributed by atoms with Crippen LogP contribution in [-0.4, -0.2) is 52.0 Å². The van der Waals surface area contributed by atoms with Crippen LogP contribution < -0.4 is 0 Å². The van der Waals surface area contributed by atoms with Crippen molar-refractivity contribution in [2.75, 3.05) is 41.7 Å². The van der Waals surface area contributed by atoms with Crippen molar-refractivity contribution >= 4 is 15.2 Å². The van der Waals surface area contributed by atoms with Crippen LogP contribution in [0.25, 0.3) is 0 Å². The van der Waals surface area contributed by atoms with Crippen molar-refractivity contribution in [1.82, 2.24) is 0 Å². The summed E-state index contributed by atoms with van der Waals surface area (Å²) in [7, 11) is -1.93. The highest BCUT2D eigenvalue weighted by Gasteiger charge is 2.73. The van der Waals surface area contributed by atoms with E-state index < -0.39 is 30.9 Å². The lowest BCUT2D eigenvalue weighted by molar-refractivity contribution is 0.0591. The molecule has 3 aliphatic carbocycles. The first-order valence-electron chi connectivity index (χ1n) is 12.7. The van der Waals surface area contributed by atoms with E-state index in [1.54, 1.807) is 0 Å². The van der Waals surface area contributed by atoms with Crippen LogP contribution in [0.15, 0.2) is 48.0 Å². The highest BCUT2D eigenvalue weighted by Crippen LogP contribution is 2.81. The summed E-state index contributed by atoms with van der Waals surface area (Å²) in [4.78, 5) is 0. The van der Waals surface area contributed by atoms with Gasteiger partial charge in [-0.1, -0.05) is 31.4 Å². The Morgan fingerprint density at radius 2 is 1.08 bits per heavy atom. The molecular formula is C26H42O8P2. The van der Waals surface area contributed by atoms with Crippen molar-refractivity contribution in [2.45, 2.75) is 69.1 Å². The molecule has 0 saturated heterocycles. The maximum Gasteiger partial charge on any atom is 0.340 e. The summed E-state index contributed by atoms with van der Waals surface area (Å²) in [6.07, 6.45) is 16.1. The molecule has 3 aliphatic rings. The molecule has 8 nitrogen and oxygen atoms in total. The molecule has 36 heavy (non-hydrogen) atoms. The van der Waals surface area contributed by atoms with E-state index in [4.69, 9.17) is 27.6 Å². The van der Waals surface area contributed by atoms with Crippen LogP contribution in [0.5, 0.6) is 0 Å². The second kappa shape index (κ2) is 11.7. The summed E-state index contributed by atoms with van der Waals surface area (Å²) >= 11 is 0. The van der Waals surface area contributed by atoms with Gasteiger partial charge in [0.25, 0.3) is 0 Å². The Hall–Kier alpha value is -1.14. The Kier molecular flexibility index (Phi) is 9.57. The van der Waals surface area contributed by atoms with Gasteiger partial charge in [-0.2, -0.15) is 0 Å². The maximum absolute atomic E-state index is 14.7. The molecule has 3 rings (SSSR count). The molecule has 0 bridgehead atoms. The Balaban J connectivity index is 2.37. The molecule has 1 saturated carbocycles. The molecule has 0 aromatic heterocycles. The van der Waals surface area contributed by atoms with Gasteiger partial charge >= 0.3 is 15.2 Å². The summed E-state index contributed by atoms with van der Waals surface area (Å²) in [6, 6.07) is 0. The zero-order valence-corrected chi connectivity index (χ0v) is 24.3. The molecule has 2 unspecified atom stereocenters. The van der Waals surface area contributed by atoms with Crippen LogP contribution in [0.4, 0.5) is 0 Å². The van der Waals surface area contributed by atoms with E-state index in [9.17, 15) is 9.13 Å². The lowest BCUT2D eigenvalue weighted by Crippen LogP contribution is -2.61. The number of ether oxygens (including phenoxy) is 2. The molecule has 2 atom stereocenters. The summed E-state index contributed by atoms with van der Waals surface area (Å²) in [6.45, 7) is 4.87. The fraction of sp³-hybridized carbons (Fsp3) is 0.692. The first kappa shape index (κ1) is 29.4. The van der Waals surface area contributed by atoms with Gasteiger partial charge in [-0.25, -0.2) is 0 Å². The zero-order valence-electron chi connectivity index (χ0n) is 22.5. The molecular weight excluding hydrogens is 502 g/mol. The normalized spacial score (nSPS) is 28.4.